The molecule has 2 rings (SSSR count). The van der Waals surface area contributed by atoms with Crippen molar-refractivity contribution in [1.82, 2.24) is 15.5 Å². The van der Waals surface area contributed by atoms with E-state index in [0.717, 1.165) is 0 Å². The zero-order valence-corrected chi connectivity index (χ0v) is 13.4. The molecule has 8 heteroatoms. The summed E-state index contributed by atoms with van der Waals surface area (Å²) in [6, 6.07) is 6.30. The minimum Gasteiger partial charge on any atom is -0.481 e. The van der Waals surface area contributed by atoms with Crippen LogP contribution in [0.15, 0.2) is 28.8 Å². The standard InChI is InChI=1S/C16H20N4O4/c1-10-18-15(20-24-10)11-4-2-5-12(8-11)16(23)19-13(6-3-7-17)9-14(21)22/h2,4-5,8,13H,3,6-7,9,17H2,1H3,(H,19,23)(H,21,22)/t13-/m0/s1. The number of aromatic nitrogens is 2. The quantitative estimate of drug-likeness (QED) is 0.665. The van der Waals surface area contributed by atoms with Gasteiger partial charge >= 0.3 is 5.97 Å². The molecule has 8 nitrogen and oxygen atoms in total. The Morgan fingerprint density at radius 3 is 2.83 bits per heavy atom. The monoisotopic (exact) mass is 332 g/mol. The first-order chi connectivity index (χ1) is 11.5. The van der Waals surface area contributed by atoms with Gasteiger partial charge in [0.15, 0.2) is 0 Å². The van der Waals surface area contributed by atoms with E-state index in [4.69, 9.17) is 15.4 Å². The Hall–Kier alpha value is -2.74. The summed E-state index contributed by atoms with van der Waals surface area (Å²) >= 11 is 0. The van der Waals surface area contributed by atoms with E-state index in [9.17, 15) is 9.59 Å². The molecule has 24 heavy (non-hydrogen) atoms. The van der Waals surface area contributed by atoms with E-state index in [-0.39, 0.29) is 12.3 Å². The number of nitrogens with zero attached hydrogens (tertiary/aromatic N) is 2. The van der Waals surface area contributed by atoms with Gasteiger partial charge in [0.2, 0.25) is 11.7 Å². The Morgan fingerprint density at radius 1 is 1.42 bits per heavy atom. The number of amides is 1. The van der Waals surface area contributed by atoms with Crippen molar-refractivity contribution in [3.8, 4) is 11.4 Å². The Balaban J connectivity index is 2.11. The molecule has 0 unspecified atom stereocenters. The van der Waals surface area contributed by atoms with Crippen molar-refractivity contribution in [2.75, 3.05) is 6.54 Å². The van der Waals surface area contributed by atoms with Crippen LogP contribution >= 0.6 is 0 Å². The van der Waals surface area contributed by atoms with Crippen LogP contribution in [0.25, 0.3) is 11.4 Å². The summed E-state index contributed by atoms with van der Waals surface area (Å²) in [4.78, 5) is 27.4. The van der Waals surface area contributed by atoms with E-state index in [1.54, 1.807) is 31.2 Å². The maximum absolute atomic E-state index is 12.4. The van der Waals surface area contributed by atoms with Crippen LogP contribution in [0, 0.1) is 6.92 Å². The molecule has 0 aliphatic heterocycles. The maximum Gasteiger partial charge on any atom is 0.305 e. The average molecular weight is 332 g/mol. The maximum atomic E-state index is 12.4. The van der Waals surface area contributed by atoms with E-state index in [2.05, 4.69) is 15.5 Å². The summed E-state index contributed by atoms with van der Waals surface area (Å²) < 4.78 is 4.93. The first-order valence-electron chi connectivity index (χ1n) is 7.63. The molecule has 0 aliphatic carbocycles. The van der Waals surface area contributed by atoms with Crippen LogP contribution in [0.5, 0.6) is 0 Å². The molecule has 0 fully saturated rings. The average Bonchev–Trinajstić information content (AvgIpc) is 2.98. The summed E-state index contributed by atoms with van der Waals surface area (Å²) in [7, 11) is 0. The number of hydrogen-bond donors (Lipinski definition) is 3. The summed E-state index contributed by atoms with van der Waals surface area (Å²) in [5, 5.41) is 15.5. The van der Waals surface area contributed by atoms with Crippen LogP contribution in [0.1, 0.15) is 35.5 Å². The summed E-state index contributed by atoms with van der Waals surface area (Å²) in [6.45, 7) is 2.12. The van der Waals surface area contributed by atoms with Crippen molar-refractivity contribution in [2.45, 2.75) is 32.2 Å². The second kappa shape index (κ2) is 8.21. The lowest BCUT2D eigenvalue weighted by atomic mass is 10.1. The van der Waals surface area contributed by atoms with E-state index in [1.165, 1.54) is 0 Å². The number of hydrogen-bond acceptors (Lipinski definition) is 6. The third-order valence-electron chi connectivity index (χ3n) is 3.42. The third kappa shape index (κ3) is 4.88. The largest absolute Gasteiger partial charge is 0.481 e. The fourth-order valence-electron chi connectivity index (χ4n) is 2.29. The number of carboxylic acids is 1. The fourth-order valence-corrected chi connectivity index (χ4v) is 2.29. The second-order valence-electron chi connectivity index (χ2n) is 5.42. The highest BCUT2D eigenvalue weighted by atomic mass is 16.5. The van der Waals surface area contributed by atoms with Crippen molar-refractivity contribution < 1.29 is 19.2 Å². The Morgan fingerprint density at radius 2 is 2.21 bits per heavy atom. The zero-order valence-electron chi connectivity index (χ0n) is 13.4. The van der Waals surface area contributed by atoms with Crippen LogP contribution in [-0.2, 0) is 4.79 Å². The van der Waals surface area contributed by atoms with E-state index in [0.29, 0.717) is 42.2 Å². The normalized spacial score (nSPS) is 11.9. The van der Waals surface area contributed by atoms with Gasteiger partial charge in [-0.2, -0.15) is 4.98 Å². The number of nitrogens with two attached hydrogens (primary N) is 1. The van der Waals surface area contributed by atoms with Gasteiger partial charge in [0.05, 0.1) is 6.42 Å². The Kier molecular flexibility index (Phi) is 6.02. The molecular weight excluding hydrogens is 312 g/mol. The Labute approximate surface area is 139 Å². The highest BCUT2D eigenvalue weighted by Crippen LogP contribution is 2.17. The van der Waals surface area contributed by atoms with Crippen LogP contribution in [-0.4, -0.2) is 39.7 Å². The topological polar surface area (TPSA) is 131 Å². The van der Waals surface area contributed by atoms with Crippen molar-refractivity contribution in [2.24, 2.45) is 5.73 Å². The van der Waals surface area contributed by atoms with Crippen molar-refractivity contribution >= 4 is 11.9 Å². The molecule has 128 valence electrons. The van der Waals surface area contributed by atoms with Crippen LogP contribution in [0.4, 0.5) is 0 Å². The molecule has 2 aromatic rings. The van der Waals surface area contributed by atoms with E-state index in [1.807, 2.05) is 0 Å². The molecule has 0 saturated carbocycles. The molecule has 4 N–H and O–H groups in total. The first kappa shape index (κ1) is 17.6. The van der Waals surface area contributed by atoms with Gasteiger partial charge in [-0.1, -0.05) is 17.3 Å². The predicted molar refractivity (Wildman–Crippen MR) is 86.3 cm³/mol. The molecule has 0 bridgehead atoms. The molecule has 1 amide bonds. The molecule has 0 radical (unpaired) electrons. The van der Waals surface area contributed by atoms with E-state index < -0.39 is 12.0 Å². The second-order valence-corrected chi connectivity index (χ2v) is 5.42. The number of benzene rings is 1. The highest BCUT2D eigenvalue weighted by molar-refractivity contribution is 5.95. The van der Waals surface area contributed by atoms with Gasteiger partial charge in [-0.3, -0.25) is 9.59 Å². The molecule has 0 aliphatic rings. The van der Waals surface area contributed by atoms with Gasteiger partial charge in [-0.15, -0.1) is 0 Å². The van der Waals surface area contributed by atoms with Gasteiger partial charge in [0.25, 0.3) is 5.91 Å². The van der Waals surface area contributed by atoms with Gasteiger partial charge in [0, 0.05) is 24.1 Å². The molecule has 1 aromatic carbocycles. The Bertz CT molecular complexity index is 714. The molecule has 0 saturated heterocycles. The molecule has 1 aromatic heterocycles. The number of carbonyl (C=O) groups is 2. The van der Waals surface area contributed by atoms with Crippen molar-refractivity contribution in [3.05, 3.63) is 35.7 Å². The van der Waals surface area contributed by atoms with Crippen molar-refractivity contribution in [1.29, 1.82) is 0 Å². The fraction of sp³-hybridized carbons (Fsp3) is 0.375. The molecule has 1 atom stereocenters. The minimum absolute atomic E-state index is 0.143. The summed E-state index contributed by atoms with van der Waals surface area (Å²) in [6.07, 6.45) is 1.01. The minimum atomic E-state index is -0.964. The number of aliphatic carboxylic acids is 1. The SMILES string of the molecule is Cc1nc(-c2cccc(C(=O)N[C@@H](CCCN)CC(=O)O)c2)no1. The molecule has 0 spiro atoms. The van der Waals surface area contributed by atoms with Crippen LogP contribution in [0.2, 0.25) is 0 Å². The van der Waals surface area contributed by atoms with Gasteiger partial charge in [-0.25, -0.2) is 0 Å². The van der Waals surface area contributed by atoms with Crippen LogP contribution < -0.4 is 11.1 Å². The number of carboxylic acid groups (broad SMARTS) is 1. The molecular formula is C16H20N4O4. The summed E-state index contributed by atoms with van der Waals surface area (Å²) in [5.74, 6) is -0.482. The number of carbonyl (C=O) groups excluding carboxylic acids is 1. The smallest absolute Gasteiger partial charge is 0.305 e. The number of rotatable bonds is 8. The lowest BCUT2D eigenvalue weighted by Gasteiger charge is -2.16. The number of aryl methyl sites for hydroxylation is 1. The zero-order chi connectivity index (χ0) is 17.5. The summed E-state index contributed by atoms with van der Waals surface area (Å²) in [5.41, 5.74) is 6.50. The van der Waals surface area contributed by atoms with Crippen molar-refractivity contribution in [3.63, 3.8) is 0 Å². The first-order valence-corrected chi connectivity index (χ1v) is 7.63. The van der Waals surface area contributed by atoms with Gasteiger partial charge < -0.3 is 20.7 Å². The lowest BCUT2D eigenvalue weighted by molar-refractivity contribution is -0.137. The van der Waals surface area contributed by atoms with E-state index >= 15 is 0 Å². The highest BCUT2D eigenvalue weighted by Gasteiger charge is 2.17. The van der Waals surface area contributed by atoms with Crippen LogP contribution in [0.3, 0.4) is 0 Å². The predicted octanol–water partition coefficient (Wildman–Crippen LogP) is 1.36. The third-order valence-corrected chi connectivity index (χ3v) is 3.42. The van der Waals surface area contributed by atoms with Gasteiger partial charge in [0.1, 0.15) is 0 Å². The number of nitrogens with one attached hydrogen (secondary N) is 1. The molecule has 1 heterocycles. The van der Waals surface area contributed by atoms with Gasteiger partial charge in [-0.05, 0) is 31.5 Å². The lowest BCUT2D eigenvalue weighted by Crippen LogP contribution is -2.36.